The molecule has 4 nitrogen and oxygen atoms in total. The number of aryl methyl sites for hydroxylation is 2. The number of aromatic nitrogens is 1. The van der Waals surface area contributed by atoms with Crippen LogP contribution in [0.1, 0.15) is 46.4 Å². The zero-order chi connectivity index (χ0) is 19.3. The van der Waals surface area contributed by atoms with E-state index in [1.165, 1.54) is 0 Å². The van der Waals surface area contributed by atoms with Gasteiger partial charge in [0.15, 0.2) is 0 Å². The van der Waals surface area contributed by atoms with Gasteiger partial charge in [0.2, 0.25) is 0 Å². The number of fused-ring (bicyclic) bond motifs is 1. The van der Waals surface area contributed by atoms with E-state index in [4.69, 9.17) is 0 Å². The lowest BCUT2D eigenvalue weighted by molar-refractivity contribution is 0.0949. The summed E-state index contributed by atoms with van der Waals surface area (Å²) >= 11 is 0. The molecule has 0 aliphatic heterocycles. The highest BCUT2D eigenvalue weighted by atomic mass is 16.2. The zero-order valence-corrected chi connectivity index (χ0v) is 15.8. The van der Waals surface area contributed by atoms with Crippen LogP contribution in [-0.4, -0.2) is 10.9 Å². The minimum Gasteiger partial charge on any atom is -0.348 e. The van der Waals surface area contributed by atoms with Crippen LogP contribution in [0, 0.1) is 0 Å². The first-order valence-electron chi connectivity index (χ1n) is 9.88. The van der Waals surface area contributed by atoms with Crippen LogP contribution < -0.4 is 10.9 Å². The number of benzene rings is 2. The van der Waals surface area contributed by atoms with Crippen molar-refractivity contribution < 1.29 is 4.79 Å². The van der Waals surface area contributed by atoms with Crippen LogP contribution in [0.5, 0.6) is 0 Å². The summed E-state index contributed by atoms with van der Waals surface area (Å²) in [5, 5.41) is 2.88. The summed E-state index contributed by atoms with van der Waals surface area (Å²) in [6.45, 7) is 0.393. The van der Waals surface area contributed by atoms with Gasteiger partial charge in [0.05, 0.1) is 0 Å². The number of amides is 1. The van der Waals surface area contributed by atoms with Crippen molar-refractivity contribution in [3.05, 3.63) is 93.4 Å². The fourth-order valence-corrected chi connectivity index (χ4v) is 3.74. The van der Waals surface area contributed by atoms with E-state index < -0.39 is 0 Å². The number of pyridine rings is 1. The van der Waals surface area contributed by atoms with Gasteiger partial charge in [0.1, 0.15) is 5.56 Å². The van der Waals surface area contributed by atoms with Crippen LogP contribution in [-0.2, 0) is 19.4 Å². The maximum atomic E-state index is 12.6. The van der Waals surface area contributed by atoms with Crippen LogP contribution >= 0.6 is 0 Å². The summed E-state index contributed by atoms with van der Waals surface area (Å²) in [5.74, 6) is -0.319. The van der Waals surface area contributed by atoms with Crippen molar-refractivity contribution >= 4 is 5.91 Å². The highest BCUT2D eigenvalue weighted by Gasteiger charge is 2.16. The molecule has 4 heteroatoms. The van der Waals surface area contributed by atoms with Crippen molar-refractivity contribution in [2.45, 2.75) is 38.6 Å². The highest BCUT2D eigenvalue weighted by molar-refractivity contribution is 5.94. The van der Waals surface area contributed by atoms with Crippen LogP contribution in [0.15, 0.2) is 65.5 Å². The molecule has 1 amide bonds. The van der Waals surface area contributed by atoms with E-state index in [-0.39, 0.29) is 17.0 Å². The smallest absolute Gasteiger partial charge is 0.261 e. The number of rotatable bonds is 4. The first-order valence-corrected chi connectivity index (χ1v) is 9.88. The predicted molar refractivity (Wildman–Crippen MR) is 111 cm³/mol. The van der Waals surface area contributed by atoms with Gasteiger partial charge in [0, 0.05) is 12.2 Å². The quantitative estimate of drug-likeness (QED) is 0.673. The summed E-state index contributed by atoms with van der Waals surface area (Å²) in [6, 6.07) is 20.1. The second-order valence-electron chi connectivity index (χ2n) is 7.32. The molecule has 2 N–H and O–H groups in total. The van der Waals surface area contributed by atoms with Crippen molar-refractivity contribution in [3.63, 3.8) is 0 Å². The molecule has 3 aromatic rings. The Hall–Kier alpha value is -3.14. The average molecular weight is 372 g/mol. The predicted octanol–water partition coefficient (Wildman–Crippen LogP) is 4.24. The second kappa shape index (κ2) is 8.26. The molecule has 0 saturated heterocycles. The highest BCUT2D eigenvalue weighted by Crippen LogP contribution is 2.20. The standard InChI is InChI=1S/C24H24N2O2/c27-23(21-15-20-9-5-2-6-10-22(20)26-24(21)28)25-16-17-11-13-19(14-12-17)18-7-3-1-4-8-18/h1,3-4,7-8,11-15H,2,5-6,9-10,16H2,(H,25,27)(H,26,28). The van der Waals surface area contributed by atoms with Gasteiger partial charge in [0.25, 0.3) is 11.5 Å². The van der Waals surface area contributed by atoms with Crippen molar-refractivity contribution in [3.8, 4) is 11.1 Å². The number of nitrogens with one attached hydrogen (secondary N) is 2. The average Bonchev–Trinajstić information content (AvgIpc) is 2.97. The molecule has 0 fully saturated rings. The molecule has 2 aromatic carbocycles. The largest absolute Gasteiger partial charge is 0.348 e. The fraction of sp³-hybridized carbons (Fsp3) is 0.250. The topological polar surface area (TPSA) is 62.0 Å². The third-order valence-electron chi connectivity index (χ3n) is 5.35. The Morgan fingerprint density at radius 1 is 0.893 bits per heavy atom. The fourth-order valence-electron chi connectivity index (χ4n) is 3.74. The van der Waals surface area contributed by atoms with Crippen molar-refractivity contribution in [2.75, 3.05) is 0 Å². The van der Waals surface area contributed by atoms with Crippen LogP contribution in [0.2, 0.25) is 0 Å². The van der Waals surface area contributed by atoms with E-state index in [0.717, 1.165) is 60.1 Å². The molecule has 0 spiro atoms. The lowest BCUT2D eigenvalue weighted by Gasteiger charge is -2.10. The molecule has 1 heterocycles. The van der Waals surface area contributed by atoms with Gasteiger partial charge in [-0.25, -0.2) is 0 Å². The van der Waals surface area contributed by atoms with E-state index in [1.54, 1.807) is 6.07 Å². The summed E-state index contributed by atoms with van der Waals surface area (Å²) < 4.78 is 0. The molecule has 0 atom stereocenters. The molecule has 0 saturated carbocycles. The Balaban J connectivity index is 1.44. The van der Waals surface area contributed by atoms with Crippen LogP contribution in [0.4, 0.5) is 0 Å². The van der Waals surface area contributed by atoms with Gasteiger partial charge in [-0.1, -0.05) is 61.0 Å². The molecule has 0 bridgehead atoms. The molecule has 142 valence electrons. The van der Waals surface area contributed by atoms with Gasteiger partial charge in [-0.3, -0.25) is 9.59 Å². The first kappa shape index (κ1) is 18.2. The van der Waals surface area contributed by atoms with Crippen molar-refractivity contribution in [1.82, 2.24) is 10.3 Å². The molecular weight excluding hydrogens is 348 g/mol. The van der Waals surface area contributed by atoms with Crippen LogP contribution in [0.3, 0.4) is 0 Å². The number of hydrogen-bond donors (Lipinski definition) is 2. The first-order chi connectivity index (χ1) is 13.7. The number of aromatic amines is 1. The van der Waals surface area contributed by atoms with E-state index in [1.807, 2.05) is 42.5 Å². The molecule has 0 radical (unpaired) electrons. The third-order valence-corrected chi connectivity index (χ3v) is 5.35. The zero-order valence-electron chi connectivity index (χ0n) is 15.8. The maximum Gasteiger partial charge on any atom is 0.261 e. The summed E-state index contributed by atoms with van der Waals surface area (Å²) in [4.78, 5) is 27.8. The number of hydrogen-bond acceptors (Lipinski definition) is 2. The maximum absolute atomic E-state index is 12.6. The number of carbonyl (C=O) groups is 1. The minimum absolute atomic E-state index is 0.210. The Kier molecular flexibility index (Phi) is 5.38. The molecule has 1 aromatic heterocycles. The molecule has 1 aliphatic rings. The summed E-state index contributed by atoms with van der Waals surface area (Å²) in [6.07, 6.45) is 5.17. The molecule has 4 rings (SSSR count). The van der Waals surface area contributed by atoms with E-state index in [9.17, 15) is 9.59 Å². The number of carbonyl (C=O) groups excluding carboxylic acids is 1. The summed E-state index contributed by atoms with van der Waals surface area (Å²) in [7, 11) is 0. The second-order valence-corrected chi connectivity index (χ2v) is 7.32. The molecule has 28 heavy (non-hydrogen) atoms. The van der Waals surface area contributed by atoms with Gasteiger partial charge in [-0.15, -0.1) is 0 Å². The normalized spacial score (nSPS) is 13.4. The third kappa shape index (κ3) is 4.06. The Labute approximate surface area is 164 Å². The lowest BCUT2D eigenvalue weighted by Crippen LogP contribution is -2.30. The van der Waals surface area contributed by atoms with Crippen molar-refractivity contribution in [1.29, 1.82) is 0 Å². The van der Waals surface area contributed by atoms with E-state index in [2.05, 4.69) is 22.4 Å². The van der Waals surface area contributed by atoms with E-state index >= 15 is 0 Å². The lowest BCUT2D eigenvalue weighted by atomic mass is 10.0. The Morgan fingerprint density at radius 3 is 2.39 bits per heavy atom. The Morgan fingerprint density at radius 2 is 1.61 bits per heavy atom. The number of H-pyrrole nitrogens is 1. The van der Waals surface area contributed by atoms with Gasteiger partial charge < -0.3 is 10.3 Å². The van der Waals surface area contributed by atoms with Gasteiger partial charge in [-0.05, 0) is 54.0 Å². The Bertz CT molecular complexity index is 1020. The van der Waals surface area contributed by atoms with Crippen molar-refractivity contribution in [2.24, 2.45) is 0 Å². The minimum atomic E-state index is -0.319. The SMILES string of the molecule is O=C(NCc1ccc(-c2ccccc2)cc1)c1cc2c([nH]c1=O)CCCCC2. The summed E-state index contributed by atoms with van der Waals surface area (Å²) in [5.41, 5.74) is 5.32. The molecule has 1 aliphatic carbocycles. The van der Waals surface area contributed by atoms with Gasteiger partial charge >= 0.3 is 0 Å². The molecule has 0 unspecified atom stereocenters. The monoisotopic (exact) mass is 372 g/mol. The van der Waals surface area contributed by atoms with Crippen LogP contribution in [0.25, 0.3) is 11.1 Å². The molecular formula is C24H24N2O2. The van der Waals surface area contributed by atoms with Gasteiger partial charge in [-0.2, -0.15) is 0 Å². The van der Waals surface area contributed by atoms with E-state index in [0.29, 0.717) is 6.54 Å².